The van der Waals surface area contributed by atoms with E-state index in [1.54, 1.807) is 11.3 Å². The van der Waals surface area contributed by atoms with Gasteiger partial charge in [-0.1, -0.05) is 23.6 Å². The van der Waals surface area contributed by atoms with E-state index in [1.807, 2.05) is 49.7 Å². The van der Waals surface area contributed by atoms with Gasteiger partial charge in [-0.3, -0.25) is 0 Å². The summed E-state index contributed by atoms with van der Waals surface area (Å²) in [4.78, 5) is 7.62. The monoisotopic (exact) mass is 325 g/mol. The summed E-state index contributed by atoms with van der Waals surface area (Å²) < 4.78 is 0. The van der Waals surface area contributed by atoms with Crippen molar-refractivity contribution < 1.29 is 4.98 Å². The number of rotatable bonds is 1. The molecule has 0 amide bonds. The molecule has 0 aliphatic heterocycles. The highest BCUT2D eigenvalue weighted by Gasteiger charge is 2.10. The number of thiazole rings is 1. The molecule has 0 bridgehead atoms. The van der Waals surface area contributed by atoms with Crippen LogP contribution >= 0.6 is 22.9 Å². The number of benzene rings is 1. The van der Waals surface area contributed by atoms with Crippen LogP contribution in [0.1, 0.15) is 21.8 Å². The third-order valence-corrected chi connectivity index (χ3v) is 4.51. The number of hydrogen-bond donors (Lipinski definition) is 0. The van der Waals surface area contributed by atoms with Crippen LogP contribution in [-0.2, 0) is 0 Å². The molecule has 0 fully saturated rings. The highest BCUT2D eigenvalue weighted by molar-refractivity contribution is 7.09. The Kier molecular flexibility index (Phi) is 4.24. The highest BCUT2D eigenvalue weighted by atomic mass is 35.5. The van der Waals surface area contributed by atoms with Gasteiger partial charge in [0.2, 0.25) is 5.69 Å². The zero-order chi connectivity index (χ0) is 15.5. The van der Waals surface area contributed by atoms with Gasteiger partial charge in [-0.25, -0.2) is 9.97 Å². The first-order valence-electron chi connectivity index (χ1n) is 6.85. The highest BCUT2D eigenvalue weighted by Crippen LogP contribution is 2.25. The molecule has 0 aliphatic carbocycles. The molecule has 0 aliphatic rings. The van der Waals surface area contributed by atoms with Gasteiger partial charge in [0.15, 0.2) is 6.20 Å². The van der Waals surface area contributed by atoms with Crippen LogP contribution in [0.2, 0.25) is 5.02 Å². The minimum absolute atomic E-state index is 0.772. The topological polar surface area (TPSA) is 27.0 Å². The maximum atomic E-state index is 6.17. The second-order valence-electron chi connectivity index (χ2n) is 4.91. The molecular weight excluding hydrogens is 312 g/mol. The fourth-order valence-electron chi connectivity index (χ4n) is 2.13. The van der Waals surface area contributed by atoms with Gasteiger partial charge >= 0.3 is 0 Å². The summed E-state index contributed by atoms with van der Waals surface area (Å²) in [5, 5.41) is 3.77. The molecule has 2 aromatic heterocycles. The van der Waals surface area contributed by atoms with Gasteiger partial charge in [-0.2, -0.15) is 0 Å². The first kappa shape index (κ1) is 14.8. The van der Waals surface area contributed by atoms with E-state index in [1.165, 1.54) is 0 Å². The van der Waals surface area contributed by atoms with Crippen LogP contribution < -0.4 is 4.98 Å². The number of nitrogens with one attached hydrogen (secondary N) is 1. The zero-order valence-electron chi connectivity index (χ0n) is 12.3. The number of aryl methyl sites for hydroxylation is 1. The summed E-state index contributed by atoms with van der Waals surface area (Å²) in [5.74, 6) is 6.19. The number of H-pyrrole nitrogens is 1. The second-order valence-corrected chi connectivity index (χ2v) is 6.37. The predicted molar refractivity (Wildman–Crippen MR) is 91.0 cm³/mol. The van der Waals surface area contributed by atoms with Gasteiger partial charge < -0.3 is 0 Å². The number of aromatic nitrogens is 2. The van der Waals surface area contributed by atoms with Crippen molar-refractivity contribution in [2.75, 3.05) is 0 Å². The van der Waals surface area contributed by atoms with E-state index >= 15 is 0 Å². The summed E-state index contributed by atoms with van der Waals surface area (Å²) in [7, 11) is 0. The van der Waals surface area contributed by atoms with Crippen molar-refractivity contribution in [2.24, 2.45) is 0 Å². The van der Waals surface area contributed by atoms with Crippen LogP contribution in [0, 0.1) is 25.7 Å². The van der Waals surface area contributed by atoms with Gasteiger partial charge in [0.25, 0.3) is 0 Å². The van der Waals surface area contributed by atoms with Gasteiger partial charge in [-0.05, 0) is 43.5 Å². The molecule has 2 nitrogen and oxygen atoms in total. The molecule has 108 valence electrons. The number of aromatic amines is 1. The molecular formula is C18H14ClN2S+. The minimum atomic E-state index is 0.772. The van der Waals surface area contributed by atoms with Crippen LogP contribution in [-0.4, -0.2) is 4.98 Å². The smallest absolute Gasteiger partial charge is 0.211 e. The molecule has 3 rings (SSSR count). The van der Waals surface area contributed by atoms with Crippen molar-refractivity contribution >= 4 is 22.9 Å². The van der Waals surface area contributed by atoms with Crippen molar-refractivity contribution in [1.82, 2.24) is 4.98 Å². The van der Waals surface area contributed by atoms with Gasteiger partial charge in [0.1, 0.15) is 5.69 Å². The fourth-order valence-corrected chi connectivity index (χ4v) is 2.85. The van der Waals surface area contributed by atoms with Crippen molar-refractivity contribution in [3.8, 4) is 23.1 Å². The Morgan fingerprint density at radius 3 is 2.68 bits per heavy atom. The maximum absolute atomic E-state index is 6.17. The predicted octanol–water partition coefficient (Wildman–Crippen LogP) is 4.29. The SMILES string of the molecule is Cc1nc(C#Cc2ccc(-c3cccc(Cl)c3C)[nH+]c2)cs1. The molecule has 0 spiro atoms. The first-order valence-corrected chi connectivity index (χ1v) is 8.10. The molecule has 2 heterocycles. The van der Waals surface area contributed by atoms with Crippen molar-refractivity contribution in [3.05, 3.63) is 68.8 Å². The molecule has 1 aromatic carbocycles. The summed E-state index contributed by atoms with van der Waals surface area (Å²) in [5.41, 5.74) is 4.93. The molecule has 0 saturated carbocycles. The largest absolute Gasteiger partial charge is 0.233 e. The maximum Gasteiger partial charge on any atom is 0.211 e. The van der Waals surface area contributed by atoms with Gasteiger partial charge in [0, 0.05) is 16.5 Å². The molecule has 22 heavy (non-hydrogen) atoms. The molecule has 1 N–H and O–H groups in total. The van der Waals surface area contributed by atoms with Crippen LogP contribution in [0.15, 0.2) is 41.9 Å². The van der Waals surface area contributed by atoms with Crippen molar-refractivity contribution in [1.29, 1.82) is 0 Å². The summed E-state index contributed by atoms with van der Waals surface area (Å²) >= 11 is 7.78. The Bertz CT molecular complexity index is 870. The Labute approximate surface area is 138 Å². The summed E-state index contributed by atoms with van der Waals surface area (Å²) in [6.45, 7) is 4.00. The van der Waals surface area contributed by atoms with Crippen LogP contribution in [0.5, 0.6) is 0 Å². The zero-order valence-corrected chi connectivity index (χ0v) is 13.8. The van der Waals surface area contributed by atoms with Gasteiger partial charge in [0.05, 0.1) is 16.1 Å². The van der Waals surface area contributed by atoms with E-state index in [9.17, 15) is 0 Å². The number of hydrogen-bond acceptors (Lipinski definition) is 2. The molecule has 0 atom stereocenters. The standard InChI is InChI=1S/C18H13ClN2S/c1-12-16(4-3-5-17(12)19)18-9-7-14(10-20-18)6-8-15-11-22-13(2)21-15/h3-5,7,9-11H,1-2H3/p+1. The normalized spacial score (nSPS) is 10.1. The van der Waals surface area contributed by atoms with Crippen molar-refractivity contribution in [2.45, 2.75) is 13.8 Å². The van der Waals surface area contributed by atoms with Crippen molar-refractivity contribution in [3.63, 3.8) is 0 Å². The van der Waals surface area contributed by atoms with E-state index < -0.39 is 0 Å². The lowest BCUT2D eigenvalue weighted by atomic mass is 10.0. The summed E-state index contributed by atoms with van der Waals surface area (Å²) in [6.07, 6.45) is 1.90. The first-order chi connectivity index (χ1) is 10.6. The number of pyridine rings is 1. The van der Waals surface area contributed by atoms with Crippen LogP contribution in [0.25, 0.3) is 11.3 Å². The van der Waals surface area contributed by atoms with Crippen LogP contribution in [0.3, 0.4) is 0 Å². The number of nitrogens with zero attached hydrogens (tertiary/aromatic N) is 1. The van der Waals surface area contributed by atoms with Gasteiger partial charge in [-0.15, -0.1) is 11.3 Å². The lowest BCUT2D eigenvalue weighted by Gasteiger charge is -2.02. The molecule has 0 radical (unpaired) electrons. The lowest BCUT2D eigenvalue weighted by molar-refractivity contribution is -0.364. The average molecular weight is 326 g/mol. The second kappa shape index (κ2) is 6.31. The van der Waals surface area contributed by atoms with E-state index in [0.29, 0.717) is 0 Å². The van der Waals surface area contributed by atoms with E-state index in [0.717, 1.165) is 38.1 Å². The van der Waals surface area contributed by atoms with Crippen LogP contribution in [0.4, 0.5) is 0 Å². The molecule has 4 heteroatoms. The Morgan fingerprint density at radius 1 is 1.14 bits per heavy atom. The summed E-state index contributed by atoms with van der Waals surface area (Å²) in [6, 6.07) is 9.93. The van der Waals surface area contributed by atoms with E-state index in [2.05, 4.69) is 27.9 Å². The van der Waals surface area contributed by atoms with E-state index in [-0.39, 0.29) is 0 Å². The molecule has 0 unspecified atom stereocenters. The average Bonchev–Trinajstić information content (AvgIpc) is 2.94. The van der Waals surface area contributed by atoms with E-state index in [4.69, 9.17) is 11.6 Å². The molecule has 0 saturated heterocycles. The number of halogens is 1. The Morgan fingerprint density at radius 2 is 2.00 bits per heavy atom. The third-order valence-electron chi connectivity index (χ3n) is 3.32. The minimum Gasteiger partial charge on any atom is -0.233 e. The lowest BCUT2D eigenvalue weighted by Crippen LogP contribution is -2.07. The Balaban J connectivity index is 1.87. The third kappa shape index (κ3) is 3.19. The fraction of sp³-hybridized carbons (Fsp3) is 0.111. The Hall–Kier alpha value is -2.15. The quantitative estimate of drug-likeness (QED) is 0.613. The molecule has 3 aromatic rings.